The first kappa shape index (κ1) is 18.2. The van der Waals surface area contributed by atoms with E-state index in [4.69, 9.17) is 0 Å². The van der Waals surface area contributed by atoms with E-state index in [0.717, 1.165) is 42.1 Å². The number of aromatic nitrogens is 2. The summed E-state index contributed by atoms with van der Waals surface area (Å²) in [7, 11) is 0. The van der Waals surface area contributed by atoms with Crippen molar-refractivity contribution in [2.75, 3.05) is 0 Å². The molecule has 2 aromatic carbocycles. The van der Waals surface area contributed by atoms with Crippen molar-refractivity contribution >= 4 is 17.3 Å². The Morgan fingerprint density at radius 2 is 1.57 bits per heavy atom. The molecule has 0 saturated carbocycles. The zero-order valence-electron chi connectivity index (χ0n) is 14.0. The molecular weight excluding hydrogens is 392 g/mol. The van der Waals surface area contributed by atoms with Gasteiger partial charge < -0.3 is 0 Å². The molecule has 0 saturated heterocycles. The molecule has 0 aliphatic rings. The summed E-state index contributed by atoms with van der Waals surface area (Å²) < 4.78 is 56.6. The topological polar surface area (TPSA) is 34.4 Å². The number of hydrogen-bond acceptors (Lipinski definition) is 3. The molecule has 140 valence electrons. The lowest BCUT2D eigenvalue weighted by molar-refractivity contribution is 0.565. The second kappa shape index (κ2) is 7.12. The van der Waals surface area contributed by atoms with Crippen LogP contribution in [-0.4, -0.2) is 9.61 Å². The minimum atomic E-state index is -0.864. The van der Waals surface area contributed by atoms with Crippen molar-refractivity contribution in [3.8, 4) is 11.1 Å². The van der Waals surface area contributed by atoms with Crippen LogP contribution >= 0.6 is 11.8 Å². The predicted octanol–water partition coefficient (Wildman–Crippen LogP) is 5.07. The summed E-state index contributed by atoms with van der Waals surface area (Å²) in [6.45, 7) is 0. The summed E-state index contributed by atoms with van der Waals surface area (Å²) in [6, 6.07) is 10.6. The molecule has 0 N–H and O–H groups in total. The quantitative estimate of drug-likeness (QED) is 0.449. The van der Waals surface area contributed by atoms with Gasteiger partial charge in [-0.3, -0.25) is 4.79 Å². The number of halogens is 4. The van der Waals surface area contributed by atoms with Gasteiger partial charge in [-0.25, -0.2) is 22.1 Å². The first-order valence-electron chi connectivity index (χ1n) is 8.04. The van der Waals surface area contributed by atoms with Crippen molar-refractivity contribution in [1.82, 2.24) is 9.61 Å². The maximum atomic E-state index is 14.2. The Hall–Kier alpha value is -3.13. The van der Waals surface area contributed by atoms with Gasteiger partial charge in [0.2, 0.25) is 0 Å². The average molecular weight is 402 g/mol. The molecule has 0 spiro atoms. The number of nitrogens with zero attached hydrogens (tertiary/aromatic N) is 2. The fourth-order valence-corrected chi connectivity index (χ4v) is 3.58. The molecule has 2 heterocycles. The highest BCUT2D eigenvalue weighted by Crippen LogP contribution is 2.31. The minimum absolute atomic E-state index is 0.157. The SMILES string of the molecule is O=c1ccn2nc(Sc3ccc(F)cc3F)ccc2c1-c1c(F)cccc1F. The van der Waals surface area contributed by atoms with Crippen LogP contribution in [0.3, 0.4) is 0 Å². The number of hydrogen-bond donors (Lipinski definition) is 0. The predicted molar refractivity (Wildman–Crippen MR) is 97.3 cm³/mol. The Kier molecular flexibility index (Phi) is 4.64. The molecule has 28 heavy (non-hydrogen) atoms. The second-order valence-corrected chi connectivity index (χ2v) is 6.89. The Morgan fingerprint density at radius 1 is 0.821 bits per heavy atom. The zero-order chi connectivity index (χ0) is 19.8. The lowest BCUT2D eigenvalue weighted by atomic mass is 10.0. The van der Waals surface area contributed by atoms with E-state index in [9.17, 15) is 22.4 Å². The van der Waals surface area contributed by atoms with Crippen molar-refractivity contribution < 1.29 is 17.6 Å². The number of fused-ring (bicyclic) bond motifs is 1. The van der Waals surface area contributed by atoms with Gasteiger partial charge in [-0.2, -0.15) is 5.10 Å². The Labute approximate surface area is 160 Å². The van der Waals surface area contributed by atoms with Gasteiger partial charge in [0.25, 0.3) is 0 Å². The van der Waals surface area contributed by atoms with Crippen LogP contribution in [0.15, 0.2) is 75.5 Å². The van der Waals surface area contributed by atoms with E-state index in [0.29, 0.717) is 5.03 Å². The standard InChI is InChI=1S/C20H10F4N2OS/c21-11-4-6-17(14(24)10-11)28-18-7-5-15-20(16(27)8-9-26(15)25-18)19-12(22)2-1-3-13(19)23/h1-10H. The summed E-state index contributed by atoms with van der Waals surface area (Å²) in [4.78, 5) is 12.5. The number of benzene rings is 2. The van der Waals surface area contributed by atoms with Crippen LogP contribution in [0.1, 0.15) is 0 Å². The molecule has 4 aromatic rings. The van der Waals surface area contributed by atoms with Crippen molar-refractivity contribution in [2.24, 2.45) is 0 Å². The maximum absolute atomic E-state index is 14.2. The molecule has 0 unspecified atom stereocenters. The third kappa shape index (κ3) is 3.27. The summed E-state index contributed by atoms with van der Waals surface area (Å²) >= 11 is 0.950. The number of rotatable bonds is 3. The van der Waals surface area contributed by atoms with Gasteiger partial charge in [0, 0.05) is 23.2 Å². The second-order valence-electron chi connectivity index (χ2n) is 5.83. The van der Waals surface area contributed by atoms with E-state index in [2.05, 4.69) is 5.10 Å². The van der Waals surface area contributed by atoms with Gasteiger partial charge in [-0.1, -0.05) is 17.8 Å². The molecule has 0 radical (unpaired) electrons. The third-order valence-corrected chi connectivity index (χ3v) is 5.01. The van der Waals surface area contributed by atoms with E-state index in [1.807, 2.05) is 0 Å². The minimum Gasteiger partial charge on any atom is -0.289 e. The lowest BCUT2D eigenvalue weighted by Crippen LogP contribution is -2.11. The van der Waals surface area contributed by atoms with Crippen LogP contribution in [-0.2, 0) is 0 Å². The molecule has 0 aliphatic heterocycles. The van der Waals surface area contributed by atoms with E-state index in [1.165, 1.54) is 35.0 Å². The normalized spacial score (nSPS) is 11.1. The molecule has 0 bridgehead atoms. The first-order valence-corrected chi connectivity index (χ1v) is 8.85. The highest BCUT2D eigenvalue weighted by Gasteiger charge is 2.18. The molecule has 8 heteroatoms. The molecular formula is C20H10F4N2OS. The van der Waals surface area contributed by atoms with Gasteiger partial charge >= 0.3 is 0 Å². The summed E-state index contributed by atoms with van der Waals surface area (Å²) in [5.41, 5.74) is -0.955. The van der Waals surface area contributed by atoms with Gasteiger partial charge in [0.15, 0.2) is 5.43 Å². The van der Waals surface area contributed by atoms with Crippen LogP contribution in [0.25, 0.3) is 16.6 Å². The van der Waals surface area contributed by atoms with E-state index < -0.39 is 34.3 Å². The van der Waals surface area contributed by atoms with E-state index in [-0.39, 0.29) is 16.0 Å². The third-order valence-electron chi connectivity index (χ3n) is 4.03. The van der Waals surface area contributed by atoms with E-state index in [1.54, 1.807) is 0 Å². The van der Waals surface area contributed by atoms with Gasteiger partial charge in [-0.05, 0) is 36.4 Å². The molecule has 0 atom stereocenters. The Bertz CT molecular complexity index is 1250. The van der Waals surface area contributed by atoms with E-state index >= 15 is 0 Å². The van der Waals surface area contributed by atoms with Crippen LogP contribution in [0, 0.1) is 23.3 Å². The van der Waals surface area contributed by atoms with Gasteiger partial charge in [0.05, 0.1) is 16.6 Å². The van der Waals surface area contributed by atoms with Crippen molar-refractivity contribution in [1.29, 1.82) is 0 Å². The lowest BCUT2D eigenvalue weighted by Gasteiger charge is -2.10. The van der Waals surface area contributed by atoms with Gasteiger partial charge in [0.1, 0.15) is 28.3 Å². The van der Waals surface area contributed by atoms with Crippen molar-refractivity contribution in [3.05, 3.63) is 94.3 Å². The van der Waals surface area contributed by atoms with Crippen molar-refractivity contribution in [2.45, 2.75) is 9.92 Å². The van der Waals surface area contributed by atoms with Gasteiger partial charge in [-0.15, -0.1) is 0 Å². The molecule has 0 amide bonds. The fraction of sp³-hybridized carbons (Fsp3) is 0. The molecule has 2 aromatic heterocycles. The monoisotopic (exact) mass is 402 g/mol. The summed E-state index contributed by atoms with van der Waals surface area (Å²) in [5.74, 6) is -3.16. The summed E-state index contributed by atoms with van der Waals surface area (Å²) in [6.07, 6.45) is 1.35. The van der Waals surface area contributed by atoms with Crippen molar-refractivity contribution in [3.63, 3.8) is 0 Å². The highest BCUT2D eigenvalue weighted by molar-refractivity contribution is 7.99. The number of pyridine rings is 1. The zero-order valence-corrected chi connectivity index (χ0v) is 14.8. The van der Waals surface area contributed by atoms with Crippen LogP contribution in [0.2, 0.25) is 0 Å². The largest absolute Gasteiger partial charge is 0.289 e. The van der Waals surface area contributed by atoms with Crippen LogP contribution in [0.4, 0.5) is 17.6 Å². The van der Waals surface area contributed by atoms with Crippen LogP contribution < -0.4 is 5.43 Å². The first-order chi connectivity index (χ1) is 13.4. The Balaban J connectivity index is 1.84. The smallest absolute Gasteiger partial charge is 0.190 e. The summed E-state index contributed by atoms with van der Waals surface area (Å²) in [5, 5.41) is 4.60. The average Bonchev–Trinajstić information content (AvgIpc) is 2.65. The molecule has 3 nitrogen and oxygen atoms in total. The van der Waals surface area contributed by atoms with Crippen LogP contribution in [0.5, 0.6) is 0 Å². The molecule has 0 fully saturated rings. The molecule has 0 aliphatic carbocycles. The maximum Gasteiger partial charge on any atom is 0.190 e. The molecule has 4 rings (SSSR count). The fourth-order valence-electron chi connectivity index (χ4n) is 2.79. The Morgan fingerprint density at radius 3 is 2.29 bits per heavy atom. The highest BCUT2D eigenvalue weighted by atomic mass is 32.2.